The van der Waals surface area contributed by atoms with E-state index >= 15 is 0 Å². The van der Waals surface area contributed by atoms with E-state index < -0.39 is 29.9 Å². The molecule has 3 aliphatic heterocycles. The lowest BCUT2D eigenvalue weighted by Gasteiger charge is -2.45. The molecule has 2 aromatic rings. The van der Waals surface area contributed by atoms with Crippen molar-refractivity contribution >= 4 is 41.0 Å². The fraction of sp³-hybridized carbons (Fsp3) is 0.641. The Morgan fingerprint density at radius 2 is 1.69 bits per heavy atom. The molecule has 52 heavy (non-hydrogen) atoms. The standard InChI is InChI=1S/C39H55N5O7S/c1-23(2)31(43(5)38(48)34(28-12-13-28)42-36(47)32-20-27-14-16-44(32)17-15-27)21-33(51-25(4)45)37-41-30(22-52-37)35(46)40-29(18-24(3)39(49)50-6)19-26-10-8-7-9-11-26/h7-11,22-24,27-29,31-34H,12-21H2,1-6H3,(H,40,46)(H,42,47)/t24-,29+,31+,32+,33+,34-/m0/s1. The number of carbonyl (C=O) groups is 5. The normalized spacial score (nSPS) is 22.4. The molecule has 4 fully saturated rings. The second kappa shape index (κ2) is 17.8. The number of piperidine rings is 3. The maximum Gasteiger partial charge on any atom is 0.308 e. The lowest BCUT2D eigenvalue weighted by molar-refractivity contribution is -0.149. The number of aromatic nitrogens is 1. The van der Waals surface area contributed by atoms with Crippen molar-refractivity contribution in [1.82, 2.24) is 25.4 Å². The van der Waals surface area contributed by atoms with Gasteiger partial charge in [0.05, 0.1) is 19.1 Å². The molecular formula is C39H55N5O7S. The summed E-state index contributed by atoms with van der Waals surface area (Å²) in [5, 5.41) is 8.29. The van der Waals surface area contributed by atoms with Crippen molar-refractivity contribution in [2.24, 2.45) is 23.7 Å². The SMILES string of the molecule is COC(=O)[C@@H](C)C[C@H](Cc1ccccc1)NC(=O)c1csc([C@@H](C[C@H](C(C)C)N(C)C(=O)[C@@H](NC(=O)[C@H]2CC3CCN2CC3)C2CC2)OC(C)=O)n1. The van der Waals surface area contributed by atoms with E-state index in [0.717, 1.165) is 50.8 Å². The zero-order valence-corrected chi connectivity index (χ0v) is 32.2. The molecule has 1 saturated carbocycles. The summed E-state index contributed by atoms with van der Waals surface area (Å²) in [5.74, 6) is -1.21. The molecule has 2 N–H and O–H groups in total. The number of fused-ring (bicyclic) bond motifs is 3. The van der Waals surface area contributed by atoms with E-state index in [4.69, 9.17) is 9.47 Å². The predicted octanol–water partition coefficient (Wildman–Crippen LogP) is 4.54. The van der Waals surface area contributed by atoms with Crippen molar-refractivity contribution < 1.29 is 33.4 Å². The Labute approximate surface area is 311 Å². The van der Waals surface area contributed by atoms with Gasteiger partial charge in [0.2, 0.25) is 11.8 Å². The van der Waals surface area contributed by atoms with Crippen LogP contribution in [0.1, 0.15) is 99.8 Å². The minimum absolute atomic E-state index is 0.0129. The number of amides is 3. The van der Waals surface area contributed by atoms with Crippen LogP contribution in [0.25, 0.3) is 0 Å². The lowest BCUT2D eigenvalue weighted by Crippen LogP contribution is -2.59. The number of hydrogen-bond donors (Lipinski definition) is 2. The van der Waals surface area contributed by atoms with Crippen LogP contribution in [0.5, 0.6) is 0 Å². The molecule has 13 heteroatoms. The summed E-state index contributed by atoms with van der Waals surface area (Å²) >= 11 is 1.22. The quantitative estimate of drug-likeness (QED) is 0.224. The maximum absolute atomic E-state index is 14.1. The first-order valence-corrected chi connectivity index (χ1v) is 19.6. The Morgan fingerprint density at radius 1 is 1.00 bits per heavy atom. The summed E-state index contributed by atoms with van der Waals surface area (Å²) in [7, 11) is 3.11. The number of likely N-dealkylation sites (N-methyl/N-ethyl adjacent to an activating group) is 1. The van der Waals surface area contributed by atoms with Gasteiger partial charge in [-0.15, -0.1) is 11.3 Å². The third kappa shape index (κ3) is 10.2. The van der Waals surface area contributed by atoms with Gasteiger partial charge in [-0.1, -0.05) is 51.1 Å². The van der Waals surface area contributed by atoms with E-state index in [-0.39, 0.29) is 59.9 Å². The monoisotopic (exact) mass is 737 g/mol. The van der Waals surface area contributed by atoms with Gasteiger partial charge in [-0.2, -0.15) is 0 Å². The molecule has 1 aromatic carbocycles. The second-order valence-electron chi connectivity index (χ2n) is 15.2. The van der Waals surface area contributed by atoms with E-state index in [1.165, 1.54) is 25.4 Å². The number of benzene rings is 1. The molecule has 0 radical (unpaired) electrons. The lowest BCUT2D eigenvalue weighted by atomic mass is 9.83. The van der Waals surface area contributed by atoms with Gasteiger partial charge in [0.1, 0.15) is 16.7 Å². The summed E-state index contributed by atoms with van der Waals surface area (Å²) in [5.41, 5.74) is 1.19. The summed E-state index contributed by atoms with van der Waals surface area (Å²) < 4.78 is 10.7. The number of ether oxygens (including phenoxy) is 2. The van der Waals surface area contributed by atoms with Crippen LogP contribution < -0.4 is 10.6 Å². The van der Waals surface area contributed by atoms with Gasteiger partial charge in [-0.3, -0.25) is 28.9 Å². The van der Waals surface area contributed by atoms with Crippen molar-refractivity contribution in [1.29, 1.82) is 0 Å². The number of rotatable bonds is 17. The van der Waals surface area contributed by atoms with Crippen LogP contribution in [0.4, 0.5) is 0 Å². The first-order chi connectivity index (χ1) is 24.8. The van der Waals surface area contributed by atoms with Gasteiger partial charge in [-0.25, -0.2) is 4.98 Å². The number of esters is 2. The molecule has 3 amide bonds. The van der Waals surface area contributed by atoms with Gasteiger partial charge in [0.15, 0.2) is 6.10 Å². The highest BCUT2D eigenvalue weighted by Crippen LogP contribution is 2.37. The summed E-state index contributed by atoms with van der Waals surface area (Å²) in [4.78, 5) is 74.4. The molecule has 1 aromatic heterocycles. The van der Waals surface area contributed by atoms with Crippen molar-refractivity contribution in [3.8, 4) is 0 Å². The number of thiazole rings is 1. The molecule has 12 nitrogen and oxygen atoms in total. The Hall–Kier alpha value is -3.84. The third-order valence-corrected chi connectivity index (χ3v) is 11.9. The molecular weight excluding hydrogens is 683 g/mol. The fourth-order valence-corrected chi connectivity index (χ4v) is 8.63. The van der Waals surface area contributed by atoms with E-state index in [9.17, 15) is 24.0 Å². The van der Waals surface area contributed by atoms with E-state index in [1.54, 1.807) is 24.3 Å². The summed E-state index contributed by atoms with van der Waals surface area (Å²) in [6.45, 7) is 8.99. The van der Waals surface area contributed by atoms with Gasteiger partial charge >= 0.3 is 11.9 Å². The first kappa shape index (κ1) is 39.4. The minimum atomic E-state index is -0.800. The van der Waals surface area contributed by atoms with Crippen LogP contribution in [-0.2, 0) is 35.1 Å². The highest BCUT2D eigenvalue weighted by atomic mass is 32.1. The predicted molar refractivity (Wildman–Crippen MR) is 197 cm³/mol. The Morgan fingerprint density at radius 3 is 2.27 bits per heavy atom. The second-order valence-corrected chi connectivity index (χ2v) is 16.1. The van der Waals surface area contributed by atoms with Crippen molar-refractivity contribution in [3.63, 3.8) is 0 Å². The zero-order valence-electron chi connectivity index (χ0n) is 31.3. The molecule has 284 valence electrons. The highest BCUT2D eigenvalue weighted by molar-refractivity contribution is 7.09. The minimum Gasteiger partial charge on any atom is -0.469 e. The van der Waals surface area contributed by atoms with Crippen molar-refractivity contribution in [2.45, 2.75) is 109 Å². The van der Waals surface area contributed by atoms with Crippen molar-refractivity contribution in [3.05, 3.63) is 52.0 Å². The molecule has 0 unspecified atom stereocenters. The molecule has 6 atom stereocenters. The number of nitrogens with zero attached hydrogens (tertiary/aromatic N) is 3. The Balaban J connectivity index is 1.28. The van der Waals surface area contributed by atoms with Crippen LogP contribution in [0.15, 0.2) is 35.7 Å². The molecule has 6 rings (SSSR count). The number of hydrogen-bond acceptors (Lipinski definition) is 10. The van der Waals surface area contributed by atoms with E-state index in [0.29, 0.717) is 23.8 Å². The maximum atomic E-state index is 14.1. The van der Waals surface area contributed by atoms with Gasteiger partial charge < -0.3 is 25.0 Å². The number of nitrogens with one attached hydrogen (secondary N) is 2. The zero-order chi connectivity index (χ0) is 37.5. The van der Waals surface area contributed by atoms with Crippen LogP contribution >= 0.6 is 11.3 Å². The Kier molecular flexibility index (Phi) is 13.5. The fourth-order valence-electron chi connectivity index (χ4n) is 7.79. The average molecular weight is 738 g/mol. The average Bonchev–Trinajstić information content (AvgIpc) is 3.86. The molecule has 2 bridgehead atoms. The van der Waals surface area contributed by atoms with Crippen LogP contribution in [-0.4, -0.2) is 95.9 Å². The van der Waals surface area contributed by atoms with Crippen LogP contribution in [0.2, 0.25) is 0 Å². The van der Waals surface area contributed by atoms with Gasteiger partial charge in [-0.05, 0) is 81.4 Å². The Bertz CT molecular complexity index is 1550. The molecule has 4 aliphatic rings. The van der Waals surface area contributed by atoms with Crippen molar-refractivity contribution in [2.75, 3.05) is 27.2 Å². The molecule has 1 aliphatic carbocycles. The molecule has 0 spiro atoms. The largest absolute Gasteiger partial charge is 0.469 e. The number of carbonyl (C=O) groups excluding carboxylic acids is 5. The van der Waals surface area contributed by atoms with E-state index in [1.807, 2.05) is 44.2 Å². The topological polar surface area (TPSA) is 147 Å². The van der Waals surface area contributed by atoms with Crippen LogP contribution in [0.3, 0.4) is 0 Å². The van der Waals surface area contributed by atoms with Gasteiger partial charge in [0, 0.05) is 37.9 Å². The number of methoxy groups -OCH3 is 1. The summed E-state index contributed by atoms with van der Waals surface area (Å²) in [6.07, 6.45) is 5.25. The summed E-state index contributed by atoms with van der Waals surface area (Å²) in [6, 6.07) is 8.22. The van der Waals surface area contributed by atoms with E-state index in [2.05, 4.69) is 20.5 Å². The van der Waals surface area contributed by atoms with Gasteiger partial charge in [0.25, 0.3) is 5.91 Å². The first-order valence-electron chi connectivity index (χ1n) is 18.7. The highest BCUT2D eigenvalue weighted by Gasteiger charge is 2.44. The molecule has 4 heterocycles. The van der Waals surface area contributed by atoms with Crippen LogP contribution in [0, 0.1) is 23.7 Å². The molecule has 3 saturated heterocycles. The smallest absolute Gasteiger partial charge is 0.308 e. The third-order valence-electron chi connectivity index (χ3n) is 10.9.